The van der Waals surface area contributed by atoms with Crippen LogP contribution in [-0.2, 0) is 60.2 Å². The van der Waals surface area contributed by atoms with Crippen LogP contribution in [0.25, 0.3) is 0 Å². The van der Waals surface area contributed by atoms with E-state index in [0.717, 1.165) is 0 Å². The van der Waals surface area contributed by atoms with Gasteiger partial charge in [-0.25, -0.2) is 0 Å². The van der Waals surface area contributed by atoms with Crippen molar-refractivity contribution in [1.82, 2.24) is 0 Å². The summed E-state index contributed by atoms with van der Waals surface area (Å²) in [6, 6.07) is 0. The minimum Gasteiger partial charge on any atom is -2.00 e. The van der Waals surface area contributed by atoms with E-state index in [4.69, 9.17) is 0 Å². The standard InChI is InChI=1S/2Al.H2O.11O.4Si/h;;1H2;;;;;;;;;;;;;;;/q2*+3;;11*-2;4*+4. The fourth-order valence-electron chi connectivity index (χ4n) is 0. The molecule has 0 saturated carbocycles. The Labute approximate surface area is 144 Å². The van der Waals surface area contributed by atoms with Crippen LogP contribution in [0.4, 0.5) is 0 Å². The molecule has 0 aromatic rings. The average Bonchev–Trinajstić information content (AvgIpc) is 0. The van der Waals surface area contributed by atoms with E-state index in [1.807, 2.05) is 0 Å². The molecule has 0 amide bonds. The molecule has 0 radical (unpaired) electrons. The van der Waals surface area contributed by atoms with E-state index in [-0.39, 0.29) is 144 Å². The van der Waals surface area contributed by atoms with E-state index < -0.39 is 0 Å². The molecule has 0 aliphatic rings. The van der Waals surface area contributed by atoms with Crippen molar-refractivity contribution in [3.05, 3.63) is 0 Å². The molecule has 0 aromatic carbocycles. The topological polar surface area (TPSA) is 345 Å². The maximum absolute atomic E-state index is 0. The summed E-state index contributed by atoms with van der Waals surface area (Å²) in [5, 5.41) is 0. The van der Waals surface area contributed by atoms with Gasteiger partial charge < -0.3 is 65.7 Å². The molecule has 0 aliphatic carbocycles. The van der Waals surface area contributed by atoms with Gasteiger partial charge in [0.2, 0.25) is 0 Å². The van der Waals surface area contributed by atoms with Crippen LogP contribution in [0.15, 0.2) is 0 Å². The van der Waals surface area contributed by atoms with Gasteiger partial charge in [-0.3, -0.25) is 0 Å². The van der Waals surface area contributed by atoms with Crippen LogP contribution in [0.5, 0.6) is 0 Å². The summed E-state index contributed by atoms with van der Waals surface area (Å²) in [7, 11) is 0. The van der Waals surface area contributed by atoms with Crippen LogP contribution in [0.3, 0.4) is 0 Å². The SMILES string of the molecule is O.[Al+3].[Al+3].[O-2].[O-2].[O-2].[O-2].[O-2].[O-2].[O-2].[O-2].[O-2].[O-2].[O-2].[Si+4].[Si+4].[Si+4].[Si+4]. The molecule has 12 nitrogen and oxygen atoms in total. The summed E-state index contributed by atoms with van der Waals surface area (Å²) in [4.78, 5) is 0. The Kier molecular flexibility index (Phi) is 465000. The van der Waals surface area contributed by atoms with Crippen LogP contribution in [0, 0.1) is 0 Å². The number of rotatable bonds is 0. The molecule has 0 heterocycles. The maximum Gasteiger partial charge on any atom is 4.00 e. The van der Waals surface area contributed by atoms with Crippen LogP contribution in [-0.4, -0.2) is 84.1 Å². The normalized spacial score (nSPS) is 0. The van der Waals surface area contributed by atoms with Crippen molar-refractivity contribution in [2.75, 3.05) is 0 Å². The van der Waals surface area contributed by atoms with Crippen molar-refractivity contribution in [3.8, 4) is 0 Å². The predicted molar refractivity (Wildman–Crippen MR) is 45.7 cm³/mol. The molecule has 0 saturated heterocycles. The first-order valence-electron chi connectivity index (χ1n) is 0. The van der Waals surface area contributed by atoms with Gasteiger partial charge in [0.15, 0.2) is 0 Å². The molecule has 2 N–H and O–H groups in total. The van der Waals surface area contributed by atoms with Crippen molar-refractivity contribution in [1.29, 1.82) is 0 Å². The summed E-state index contributed by atoms with van der Waals surface area (Å²) < 4.78 is 0. The predicted octanol–water partition coefficient (Wildman–Crippen LogP) is -4.42. The van der Waals surface area contributed by atoms with Crippen LogP contribution in [0.1, 0.15) is 0 Å². The molecular formula is H2Al2O12Si4. The van der Waals surface area contributed by atoms with Gasteiger partial charge in [0.05, 0.1) is 0 Å². The molecule has 0 aromatic heterocycles. The first-order valence-corrected chi connectivity index (χ1v) is 0. The largest absolute Gasteiger partial charge is 4.00 e. The molecule has 0 spiro atoms. The molecule has 0 fully saturated rings. The fraction of sp³-hybridized carbons (Fsp3) is 0. The summed E-state index contributed by atoms with van der Waals surface area (Å²) >= 11 is 0. The van der Waals surface area contributed by atoms with E-state index in [2.05, 4.69) is 0 Å². The Morgan fingerprint density at radius 2 is 0.222 bits per heavy atom. The second kappa shape index (κ2) is 2660. The summed E-state index contributed by atoms with van der Waals surface area (Å²) in [6.07, 6.45) is 0. The Hall–Kier alpha value is 1.45. The van der Waals surface area contributed by atoms with Crippen molar-refractivity contribution in [2.45, 2.75) is 0 Å². The quantitative estimate of drug-likeness (QED) is 0.369. The van der Waals surface area contributed by atoms with Crippen molar-refractivity contribution in [2.24, 2.45) is 0 Å². The third kappa shape index (κ3) is 2240. The molecule has 0 bridgehead atoms. The second-order valence-corrected chi connectivity index (χ2v) is 0. The van der Waals surface area contributed by atoms with Gasteiger partial charge >= 0.3 is 78.6 Å². The smallest absolute Gasteiger partial charge is 2.00 e. The zero-order chi connectivity index (χ0) is 0. The molecule has 0 unspecified atom stereocenters. The Bertz CT molecular complexity index is 22.0. The molecule has 0 aliphatic heterocycles. The van der Waals surface area contributed by atoms with Gasteiger partial charge in [0, 0.05) is 0 Å². The number of hydrogen-bond acceptors (Lipinski definition) is 0. The van der Waals surface area contributed by atoms with E-state index in [9.17, 15) is 0 Å². The molecule has 96 valence electrons. The van der Waals surface area contributed by atoms with E-state index in [0.29, 0.717) is 0 Å². The second-order valence-electron chi connectivity index (χ2n) is 0. The van der Waals surface area contributed by atoms with Gasteiger partial charge in [-0.1, -0.05) is 0 Å². The zero-order valence-electron chi connectivity index (χ0n) is 8.15. The van der Waals surface area contributed by atoms with Gasteiger partial charge in [0.1, 0.15) is 0 Å². The van der Waals surface area contributed by atoms with Crippen LogP contribution in [0.2, 0.25) is 0 Å². The maximum atomic E-state index is 0. The molecule has 18 heavy (non-hydrogen) atoms. The Morgan fingerprint density at radius 1 is 0.222 bits per heavy atom. The monoisotopic (exact) mass is 360 g/mol. The van der Waals surface area contributed by atoms with E-state index in [1.54, 1.807) is 0 Å². The van der Waals surface area contributed by atoms with Gasteiger partial charge in [-0.2, -0.15) is 0 Å². The van der Waals surface area contributed by atoms with Crippen molar-refractivity contribution < 1.29 is 65.7 Å². The Balaban J connectivity index is 0. The van der Waals surface area contributed by atoms with Crippen molar-refractivity contribution in [3.63, 3.8) is 0 Å². The number of hydrogen-bond donors (Lipinski definition) is 0. The fourth-order valence-corrected chi connectivity index (χ4v) is 0. The van der Waals surface area contributed by atoms with Crippen LogP contribution < -0.4 is 0 Å². The zero-order valence-corrected chi connectivity index (χ0v) is 14.5. The third-order valence-corrected chi connectivity index (χ3v) is 0. The minimum atomic E-state index is 0. The molecular weight excluding hydrogens is 358 g/mol. The summed E-state index contributed by atoms with van der Waals surface area (Å²) in [5.41, 5.74) is 0. The van der Waals surface area contributed by atoms with E-state index in [1.165, 1.54) is 0 Å². The van der Waals surface area contributed by atoms with Gasteiger partial charge in [-0.15, -0.1) is 0 Å². The first kappa shape index (κ1) is 3140. The minimum absolute atomic E-state index is 0. The van der Waals surface area contributed by atoms with E-state index >= 15 is 0 Å². The van der Waals surface area contributed by atoms with Crippen molar-refractivity contribution >= 4 is 78.6 Å². The Morgan fingerprint density at radius 3 is 0.222 bits per heavy atom. The average molecular weight is 360 g/mol. The van der Waals surface area contributed by atoms with Gasteiger partial charge in [0.25, 0.3) is 0 Å². The third-order valence-electron chi connectivity index (χ3n) is 0. The molecule has 0 rings (SSSR count). The van der Waals surface area contributed by atoms with Crippen LogP contribution >= 0.6 is 0 Å². The van der Waals surface area contributed by atoms with Gasteiger partial charge in [-0.05, 0) is 0 Å². The first-order chi connectivity index (χ1) is 0. The summed E-state index contributed by atoms with van der Waals surface area (Å²) in [6.45, 7) is 0. The molecule has 18 heteroatoms. The molecule has 0 atom stereocenters. The summed E-state index contributed by atoms with van der Waals surface area (Å²) in [5.74, 6) is 0.